The highest BCUT2D eigenvalue weighted by atomic mass is 32.2. The second-order valence-corrected chi connectivity index (χ2v) is 5.05. The summed E-state index contributed by atoms with van der Waals surface area (Å²) in [5, 5.41) is 9.02. The number of carboxylic acids is 1. The van der Waals surface area contributed by atoms with E-state index in [0.717, 1.165) is 23.2 Å². The number of hydrogen-bond donors (Lipinski definition) is 1. The summed E-state index contributed by atoms with van der Waals surface area (Å²) in [5.74, 6) is 0.0823. The monoisotopic (exact) mass is 295 g/mol. The number of carboxylic acid groups (broad SMARTS) is 1. The van der Waals surface area contributed by atoms with Crippen LogP contribution in [-0.2, 0) is 11.3 Å². The Hall–Kier alpha value is -2.09. The molecule has 7 nitrogen and oxygen atoms in total. The topological polar surface area (TPSA) is 98.2 Å². The summed E-state index contributed by atoms with van der Waals surface area (Å²) in [6.45, 7) is 3.95. The molecule has 20 heavy (non-hydrogen) atoms. The average molecular weight is 295 g/mol. The van der Waals surface area contributed by atoms with Gasteiger partial charge in [0.1, 0.15) is 12.3 Å². The first-order chi connectivity index (χ1) is 9.45. The molecule has 8 heteroatoms. The van der Waals surface area contributed by atoms with Crippen molar-refractivity contribution < 1.29 is 14.3 Å². The van der Waals surface area contributed by atoms with Crippen LogP contribution in [0.25, 0.3) is 0 Å². The van der Waals surface area contributed by atoms with Crippen molar-refractivity contribution in [2.45, 2.75) is 25.5 Å². The summed E-state index contributed by atoms with van der Waals surface area (Å²) >= 11 is 0.982. The summed E-state index contributed by atoms with van der Waals surface area (Å²) < 4.78 is 7.10. The van der Waals surface area contributed by atoms with E-state index in [9.17, 15) is 9.59 Å². The van der Waals surface area contributed by atoms with Crippen LogP contribution in [0, 0.1) is 13.8 Å². The Balaban J connectivity index is 2.25. The number of aryl methyl sites for hydroxylation is 2. The molecule has 2 heterocycles. The van der Waals surface area contributed by atoms with Gasteiger partial charge in [-0.2, -0.15) is 4.98 Å². The Bertz CT molecular complexity index is 673. The fourth-order valence-corrected chi connectivity index (χ4v) is 2.23. The first-order valence-corrected chi connectivity index (χ1v) is 6.79. The molecule has 0 atom stereocenters. The van der Waals surface area contributed by atoms with E-state index in [2.05, 4.69) is 9.97 Å². The Morgan fingerprint density at radius 1 is 1.45 bits per heavy atom. The van der Waals surface area contributed by atoms with Crippen molar-refractivity contribution >= 4 is 17.7 Å². The van der Waals surface area contributed by atoms with E-state index in [4.69, 9.17) is 9.52 Å². The quantitative estimate of drug-likeness (QED) is 0.650. The van der Waals surface area contributed by atoms with Gasteiger partial charge in [-0.05, 0) is 13.8 Å². The van der Waals surface area contributed by atoms with E-state index < -0.39 is 11.5 Å². The van der Waals surface area contributed by atoms with Crippen molar-refractivity contribution in [3.63, 3.8) is 0 Å². The Kier molecular flexibility index (Phi) is 4.23. The van der Waals surface area contributed by atoms with Crippen LogP contribution in [0.2, 0.25) is 0 Å². The maximum atomic E-state index is 11.3. The Labute approximate surface area is 118 Å². The highest BCUT2D eigenvalue weighted by Gasteiger charge is 2.11. The molecule has 0 aromatic carbocycles. The molecule has 1 N–H and O–H groups in total. The third-order valence-corrected chi connectivity index (χ3v) is 3.53. The first kappa shape index (κ1) is 14.3. The molecule has 0 saturated carbocycles. The van der Waals surface area contributed by atoms with Gasteiger partial charge in [0.25, 0.3) is 5.56 Å². The Morgan fingerprint density at radius 2 is 2.20 bits per heavy atom. The summed E-state index contributed by atoms with van der Waals surface area (Å²) in [5.41, 5.74) is 0.391. The van der Waals surface area contributed by atoms with Crippen LogP contribution in [-0.4, -0.2) is 31.4 Å². The SMILES string of the molecule is Cc1nc(Cn2ccc(=O)nc2SCC(=O)O)oc1C. The maximum absolute atomic E-state index is 11.3. The van der Waals surface area contributed by atoms with Gasteiger partial charge in [0.05, 0.1) is 11.4 Å². The third kappa shape index (κ3) is 3.47. The predicted octanol–water partition coefficient (Wildman–Crippen LogP) is 1.07. The fraction of sp³-hybridized carbons (Fsp3) is 0.333. The molecule has 2 aromatic rings. The number of aromatic nitrogens is 3. The van der Waals surface area contributed by atoms with Crippen LogP contribution in [0.5, 0.6) is 0 Å². The Morgan fingerprint density at radius 3 is 2.80 bits per heavy atom. The van der Waals surface area contributed by atoms with E-state index in [-0.39, 0.29) is 5.75 Å². The lowest BCUT2D eigenvalue weighted by Crippen LogP contribution is -2.15. The second-order valence-electron chi connectivity index (χ2n) is 4.11. The molecule has 0 saturated heterocycles. The van der Waals surface area contributed by atoms with Crippen LogP contribution in [0.15, 0.2) is 26.6 Å². The lowest BCUT2D eigenvalue weighted by molar-refractivity contribution is -0.133. The minimum Gasteiger partial charge on any atom is -0.481 e. The number of hydrogen-bond acceptors (Lipinski definition) is 6. The zero-order valence-corrected chi connectivity index (χ0v) is 11.8. The van der Waals surface area contributed by atoms with Crippen LogP contribution in [0.4, 0.5) is 0 Å². The molecule has 0 aliphatic rings. The molecule has 0 bridgehead atoms. The average Bonchev–Trinajstić information content (AvgIpc) is 2.68. The van der Waals surface area contributed by atoms with Crippen LogP contribution in [0.3, 0.4) is 0 Å². The molecule has 0 amide bonds. The predicted molar refractivity (Wildman–Crippen MR) is 71.9 cm³/mol. The number of aliphatic carboxylic acids is 1. The summed E-state index contributed by atoms with van der Waals surface area (Å²) in [6, 6.07) is 1.31. The van der Waals surface area contributed by atoms with Gasteiger partial charge in [0.2, 0.25) is 5.89 Å². The van der Waals surface area contributed by atoms with Gasteiger partial charge in [-0.15, -0.1) is 0 Å². The lowest BCUT2D eigenvalue weighted by atomic mass is 10.4. The largest absolute Gasteiger partial charge is 0.481 e. The van der Waals surface area contributed by atoms with Crippen molar-refractivity contribution in [3.05, 3.63) is 40.0 Å². The van der Waals surface area contributed by atoms with E-state index in [1.165, 1.54) is 6.07 Å². The van der Waals surface area contributed by atoms with E-state index in [1.807, 2.05) is 13.8 Å². The zero-order chi connectivity index (χ0) is 14.7. The number of carbonyl (C=O) groups is 1. The standard InChI is InChI=1S/C12H13N3O4S/c1-7-8(2)19-10(13-7)5-15-4-3-9(16)14-12(15)20-6-11(17)18/h3-4H,5-6H2,1-2H3,(H,17,18). The minimum atomic E-state index is -0.970. The number of oxazole rings is 1. The summed E-state index contributed by atoms with van der Waals surface area (Å²) in [7, 11) is 0. The van der Waals surface area contributed by atoms with Crippen molar-refractivity contribution in [2.24, 2.45) is 0 Å². The molecule has 0 spiro atoms. The zero-order valence-electron chi connectivity index (χ0n) is 11.0. The minimum absolute atomic E-state index is 0.167. The maximum Gasteiger partial charge on any atom is 0.313 e. The molecular weight excluding hydrogens is 282 g/mol. The normalized spacial score (nSPS) is 10.7. The molecule has 0 unspecified atom stereocenters. The third-order valence-electron chi connectivity index (χ3n) is 2.55. The molecule has 2 aromatic heterocycles. The molecule has 106 valence electrons. The second kappa shape index (κ2) is 5.91. The van der Waals surface area contributed by atoms with Crippen molar-refractivity contribution in [1.82, 2.24) is 14.5 Å². The summed E-state index contributed by atoms with van der Waals surface area (Å²) in [6.07, 6.45) is 1.55. The molecule has 0 aliphatic carbocycles. The molecule has 0 aliphatic heterocycles. The molecular formula is C12H13N3O4S. The van der Waals surface area contributed by atoms with E-state index in [0.29, 0.717) is 17.6 Å². The molecule has 2 rings (SSSR count). The lowest BCUT2D eigenvalue weighted by Gasteiger charge is -2.08. The van der Waals surface area contributed by atoms with Gasteiger partial charge >= 0.3 is 5.97 Å². The highest BCUT2D eigenvalue weighted by Crippen LogP contribution is 2.16. The van der Waals surface area contributed by atoms with Crippen molar-refractivity contribution in [1.29, 1.82) is 0 Å². The van der Waals surface area contributed by atoms with Crippen LogP contribution >= 0.6 is 11.8 Å². The van der Waals surface area contributed by atoms with E-state index in [1.54, 1.807) is 10.8 Å². The summed E-state index contributed by atoms with van der Waals surface area (Å²) in [4.78, 5) is 29.9. The van der Waals surface area contributed by atoms with Crippen LogP contribution in [0.1, 0.15) is 17.3 Å². The van der Waals surface area contributed by atoms with Crippen LogP contribution < -0.4 is 5.56 Å². The van der Waals surface area contributed by atoms with Crippen molar-refractivity contribution in [3.8, 4) is 0 Å². The van der Waals surface area contributed by atoms with Gasteiger partial charge in [0, 0.05) is 12.3 Å². The number of nitrogens with zero attached hydrogens (tertiary/aromatic N) is 3. The number of rotatable bonds is 5. The van der Waals surface area contributed by atoms with Crippen molar-refractivity contribution in [2.75, 3.05) is 5.75 Å². The van der Waals surface area contributed by atoms with E-state index >= 15 is 0 Å². The van der Waals surface area contributed by atoms with Gasteiger partial charge in [-0.25, -0.2) is 4.98 Å². The van der Waals surface area contributed by atoms with Gasteiger partial charge < -0.3 is 14.1 Å². The fourth-order valence-electron chi connectivity index (χ4n) is 1.53. The smallest absolute Gasteiger partial charge is 0.313 e. The van der Waals surface area contributed by atoms with Gasteiger partial charge in [0.15, 0.2) is 5.16 Å². The molecule has 0 fully saturated rings. The first-order valence-electron chi connectivity index (χ1n) is 5.80. The van der Waals surface area contributed by atoms with Gasteiger partial charge in [-0.1, -0.05) is 11.8 Å². The highest BCUT2D eigenvalue weighted by molar-refractivity contribution is 7.99. The number of thioether (sulfide) groups is 1. The molecule has 0 radical (unpaired) electrons. The van der Waals surface area contributed by atoms with Gasteiger partial charge in [-0.3, -0.25) is 9.59 Å².